The number of piperidine rings is 1. The Morgan fingerprint density at radius 3 is 2.63 bits per heavy atom. The van der Waals surface area contributed by atoms with Gasteiger partial charge in [-0.25, -0.2) is 4.79 Å². The Morgan fingerprint density at radius 1 is 1.14 bits per heavy atom. The SMILES string of the molecule is CCc1c(O)cc(O)c2c1CC(=N\OCC(=O)N1CCCCC1)/C=C/CC/C=C/C[C@@H](C)OC2=O. The molecule has 2 aliphatic heterocycles. The average molecular weight is 485 g/mol. The van der Waals surface area contributed by atoms with Gasteiger partial charge in [-0.3, -0.25) is 4.79 Å². The van der Waals surface area contributed by atoms with Crippen LogP contribution in [0.5, 0.6) is 11.5 Å². The van der Waals surface area contributed by atoms with Gasteiger partial charge < -0.3 is 24.7 Å². The maximum Gasteiger partial charge on any atom is 0.342 e. The minimum Gasteiger partial charge on any atom is -0.508 e. The maximum atomic E-state index is 13.0. The number of nitrogens with zero attached hydrogens (tertiary/aromatic N) is 2. The van der Waals surface area contributed by atoms with Crippen molar-refractivity contribution in [3.8, 4) is 11.5 Å². The molecule has 1 atom stereocenters. The predicted octanol–water partition coefficient (Wildman–Crippen LogP) is 4.43. The van der Waals surface area contributed by atoms with Crippen molar-refractivity contribution in [2.75, 3.05) is 19.7 Å². The molecule has 1 aromatic rings. The van der Waals surface area contributed by atoms with E-state index >= 15 is 0 Å². The van der Waals surface area contributed by atoms with E-state index in [0.717, 1.165) is 45.2 Å². The zero-order valence-corrected chi connectivity index (χ0v) is 20.7. The lowest BCUT2D eigenvalue weighted by Gasteiger charge is -2.26. The van der Waals surface area contributed by atoms with Crippen LogP contribution >= 0.6 is 0 Å². The van der Waals surface area contributed by atoms with Crippen LogP contribution in [0.1, 0.15) is 73.9 Å². The zero-order chi connectivity index (χ0) is 25.2. The quantitative estimate of drug-likeness (QED) is 0.372. The van der Waals surface area contributed by atoms with Crippen molar-refractivity contribution in [1.29, 1.82) is 0 Å². The Kier molecular flexibility index (Phi) is 9.76. The summed E-state index contributed by atoms with van der Waals surface area (Å²) in [6, 6.07) is 1.17. The normalized spacial score (nSPS) is 22.6. The summed E-state index contributed by atoms with van der Waals surface area (Å²) in [6.07, 6.45) is 13.2. The summed E-state index contributed by atoms with van der Waals surface area (Å²) < 4.78 is 5.59. The molecule has 2 N–H and O–H groups in total. The molecule has 1 saturated heterocycles. The number of cyclic esters (lactones) is 1. The Morgan fingerprint density at radius 2 is 1.89 bits per heavy atom. The molecule has 0 aliphatic carbocycles. The number of aromatic hydroxyl groups is 2. The molecule has 0 radical (unpaired) electrons. The minimum atomic E-state index is -0.658. The molecule has 1 aromatic carbocycles. The fraction of sp³-hybridized carbons (Fsp3) is 0.519. The maximum absolute atomic E-state index is 13.0. The first-order valence-corrected chi connectivity index (χ1v) is 12.5. The second kappa shape index (κ2) is 13.0. The molecule has 8 nitrogen and oxygen atoms in total. The number of fused-ring (bicyclic) bond motifs is 1. The Hall–Kier alpha value is -3.29. The van der Waals surface area contributed by atoms with Crippen LogP contribution in [-0.2, 0) is 27.2 Å². The van der Waals surface area contributed by atoms with E-state index in [9.17, 15) is 19.8 Å². The van der Waals surface area contributed by atoms with Gasteiger partial charge >= 0.3 is 5.97 Å². The van der Waals surface area contributed by atoms with Crippen molar-refractivity contribution in [2.45, 2.75) is 71.3 Å². The van der Waals surface area contributed by atoms with Crippen LogP contribution in [0, 0.1) is 0 Å². The highest BCUT2D eigenvalue weighted by Crippen LogP contribution is 2.34. The van der Waals surface area contributed by atoms with E-state index in [1.54, 1.807) is 17.9 Å². The summed E-state index contributed by atoms with van der Waals surface area (Å²) in [7, 11) is 0. The topological polar surface area (TPSA) is 109 Å². The summed E-state index contributed by atoms with van der Waals surface area (Å²) in [5.41, 5.74) is 1.45. The molecule has 0 saturated carbocycles. The molecule has 1 fully saturated rings. The second-order valence-electron chi connectivity index (χ2n) is 8.98. The number of carbonyl (C=O) groups excluding carboxylic acids is 2. The number of benzene rings is 1. The second-order valence-corrected chi connectivity index (χ2v) is 8.98. The highest BCUT2D eigenvalue weighted by atomic mass is 16.6. The average Bonchev–Trinajstić information content (AvgIpc) is 2.83. The smallest absolute Gasteiger partial charge is 0.342 e. The van der Waals surface area contributed by atoms with Crippen LogP contribution in [0.3, 0.4) is 0 Å². The number of hydrogen-bond donors (Lipinski definition) is 2. The molecule has 35 heavy (non-hydrogen) atoms. The fourth-order valence-electron chi connectivity index (χ4n) is 4.38. The summed E-state index contributed by atoms with van der Waals surface area (Å²) in [5, 5.41) is 25.3. The lowest BCUT2D eigenvalue weighted by atomic mass is 9.92. The van der Waals surface area contributed by atoms with Crippen molar-refractivity contribution in [3.05, 3.63) is 47.1 Å². The molecular weight excluding hydrogens is 448 g/mol. The lowest BCUT2D eigenvalue weighted by molar-refractivity contribution is -0.137. The standard InChI is InChI=1S/C27H36N2O6/c1-3-21-22-16-20(28-34-18-25(32)29-14-10-7-11-15-29)13-9-6-4-5-8-12-19(2)35-27(33)26(22)24(31)17-23(21)30/h5,8-9,13,17,19,30-31H,3-4,6-7,10-12,14-16,18H2,1-2H3/b8-5+,13-9+,28-20-/t19-/m1/s1. The summed E-state index contributed by atoms with van der Waals surface area (Å²) in [4.78, 5) is 32.7. The number of oxime groups is 1. The van der Waals surface area contributed by atoms with Gasteiger partial charge in [-0.05, 0) is 62.7 Å². The van der Waals surface area contributed by atoms with Gasteiger partial charge in [0.05, 0.1) is 5.71 Å². The lowest BCUT2D eigenvalue weighted by Crippen LogP contribution is -2.37. The first-order valence-electron chi connectivity index (χ1n) is 12.5. The first-order chi connectivity index (χ1) is 16.9. The van der Waals surface area contributed by atoms with Crippen LogP contribution in [0.2, 0.25) is 0 Å². The summed E-state index contributed by atoms with van der Waals surface area (Å²) in [5.74, 6) is -1.21. The number of likely N-dealkylation sites (tertiary alicyclic amines) is 1. The van der Waals surface area contributed by atoms with Crippen LogP contribution < -0.4 is 0 Å². The van der Waals surface area contributed by atoms with Gasteiger partial charge in [0.1, 0.15) is 23.2 Å². The van der Waals surface area contributed by atoms with Crippen LogP contribution in [0.15, 0.2) is 35.5 Å². The third-order valence-electron chi connectivity index (χ3n) is 6.25. The van der Waals surface area contributed by atoms with E-state index in [0.29, 0.717) is 29.7 Å². The number of rotatable bonds is 4. The Balaban J connectivity index is 1.92. The molecular formula is C27H36N2O6. The van der Waals surface area contributed by atoms with E-state index in [-0.39, 0.29) is 42.1 Å². The van der Waals surface area contributed by atoms with E-state index in [4.69, 9.17) is 9.57 Å². The number of phenols is 2. The number of amides is 1. The number of phenolic OH excluding ortho intramolecular Hbond substituents is 2. The number of esters is 1. The van der Waals surface area contributed by atoms with Gasteiger partial charge in [0.25, 0.3) is 5.91 Å². The molecule has 2 heterocycles. The van der Waals surface area contributed by atoms with Gasteiger partial charge in [-0.2, -0.15) is 0 Å². The molecule has 3 rings (SSSR count). The van der Waals surface area contributed by atoms with E-state index in [1.165, 1.54) is 6.07 Å². The predicted molar refractivity (Wildman–Crippen MR) is 134 cm³/mol. The number of hydrogen-bond acceptors (Lipinski definition) is 7. The third-order valence-corrected chi connectivity index (χ3v) is 6.25. The summed E-state index contributed by atoms with van der Waals surface area (Å²) in [6.45, 7) is 4.96. The number of allylic oxidation sites excluding steroid dienone is 3. The highest BCUT2D eigenvalue weighted by Gasteiger charge is 2.25. The molecule has 1 amide bonds. The Bertz CT molecular complexity index is 992. The zero-order valence-electron chi connectivity index (χ0n) is 20.7. The van der Waals surface area contributed by atoms with E-state index in [2.05, 4.69) is 5.16 Å². The number of ether oxygens (including phenoxy) is 1. The minimum absolute atomic E-state index is 0.0121. The van der Waals surface area contributed by atoms with E-state index < -0.39 is 5.97 Å². The van der Waals surface area contributed by atoms with Crippen LogP contribution in [-0.4, -0.2) is 58.5 Å². The number of carbonyl (C=O) groups is 2. The molecule has 8 heteroatoms. The fourth-order valence-corrected chi connectivity index (χ4v) is 4.38. The van der Waals surface area contributed by atoms with Crippen molar-refractivity contribution >= 4 is 17.6 Å². The van der Waals surface area contributed by atoms with Crippen molar-refractivity contribution in [3.63, 3.8) is 0 Å². The van der Waals surface area contributed by atoms with E-state index in [1.807, 2.05) is 25.2 Å². The van der Waals surface area contributed by atoms with Gasteiger partial charge in [0.2, 0.25) is 0 Å². The molecule has 2 aliphatic rings. The highest BCUT2D eigenvalue weighted by molar-refractivity contribution is 6.01. The van der Waals surface area contributed by atoms with Gasteiger partial charge in [0.15, 0.2) is 6.61 Å². The Labute approximate surface area is 206 Å². The van der Waals surface area contributed by atoms with Crippen molar-refractivity contribution in [1.82, 2.24) is 4.90 Å². The van der Waals surface area contributed by atoms with Gasteiger partial charge in [-0.1, -0.05) is 30.3 Å². The third kappa shape index (κ3) is 7.34. The van der Waals surface area contributed by atoms with Crippen molar-refractivity contribution < 1.29 is 29.4 Å². The molecule has 0 aromatic heterocycles. The molecule has 190 valence electrons. The van der Waals surface area contributed by atoms with Gasteiger partial charge in [0, 0.05) is 32.0 Å². The van der Waals surface area contributed by atoms with Crippen LogP contribution in [0.25, 0.3) is 0 Å². The molecule has 0 spiro atoms. The van der Waals surface area contributed by atoms with Crippen molar-refractivity contribution in [2.24, 2.45) is 5.16 Å². The summed E-state index contributed by atoms with van der Waals surface area (Å²) >= 11 is 0. The first kappa shape index (κ1) is 26.3. The van der Waals surface area contributed by atoms with Crippen LogP contribution in [0.4, 0.5) is 0 Å². The monoisotopic (exact) mass is 484 g/mol. The van der Waals surface area contributed by atoms with Gasteiger partial charge in [-0.15, -0.1) is 0 Å². The molecule has 0 bridgehead atoms. The molecule has 0 unspecified atom stereocenters. The largest absolute Gasteiger partial charge is 0.508 e.